The van der Waals surface area contributed by atoms with Crippen LogP contribution in [0.4, 0.5) is 0 Å². The van der Waals surface area contributed by atoms with Crippen molar-refractivity contribution in [3.63, 3.8) is 0 Å². The van der Waals surface area contributed by atoms with Crippen molar-refractivity contribution in [1.29, 1.82) is 0 Å². The molecule has 0 bridgehead atoms. The first kappa shape index (κ1) is 19.1. The molecule has 2 nitrogen and oxygen atoms in total. The topological polar surface area (TPSA) is 8.29 Å². The third-order valence-electron chi connectivity index (χ3n) is 7.36. The molecule has 6 aromatic rings. The van der Waals surface area contributed by atoms with Crippen molar-refractivity contribution >= 4 is 66.7 Å². The molecule has 0 saturated heterocycles. The van der Waals surface area contributed by atoms with Gasteiger partial charge in [-0.25, -0.2) is 0 Å². The molecular weight excluding hydrogens is 437 g/mol. The van der Waals surface area contributed by atoms with Gasteiger partial charge in [0.25, 0.3) is 0 Å². The van der Waals surface area contributed by atoms with E-state index >= 15 is 0 Å². The van der Waals surface area contributed by atoms with Gasteiger partial charge in [0.05, 0.1) is 0 Å². The van der Waals surface area contributed by atoms with Gasteiger partial charge < -0.3 is 0 Å². The Balaban J connectivity index is 2.10. The zero-order valence-electron chi connectivity index (χ0n) is 19.5. The van der Waals surface area contributed by atoms with Crippen LogP contribution in [-0.2, 0) is 7.05 Å². The first-order valence-electron chi connectivity index (χ1n) is 11.2. The molecule has 0 N–H and O–H groups in total. The average molecular weight is 466 g/mol. The van der Waals surface area contributed by atoms with Crippen LogP contribution in [0.15, 0.2) is 48.7 Å². The van der Waals surface area contributed by atoms with Crippen LogP contribution in [0.1, 0.15) is 16.7 Å². The van der Waals surface area contributed by atoms with E-state index in [1.807, 2.05) is 0 Å². The Labute approximate surface area is 185 Å². The molecule has 0 aliphatic rings. The second-order valence-electron chi connectivity index (χ2n) is 10.4. The Morgan fingerprint density at radius 3 is 2.32 bits per heavy atom. The first-order chi connectivity index (χ1) is 14.7. The van der Waals surface area contributed by atoms with Crippen molar-refractivity contribution in [2.75, 3.05) is 0 Å². The minimum atomic E-state index is -2.03. The number of benzene rings is 3. The fraction of sp³-hybridized carbons (Fsp3) is 0.250. The Morgan fingerprint density at radius 1 is 0.806 bits per heavy atom. The fourth-order valence-corrected chi connectivity index (χ4v) is 8.00. The van der Waals surface area contributed by atoms with Crippen LogP contribution in [0, 0.1) is 20.8 Å². The molecule has 0 atom stereocenters. The summed E-state index contributed by atoms with van der Waals surface area (Å²) >= 11 is -2.03. The Bertz CT molecular complexity index is 1700. The summed E-state index contributed by atoms with van der Waals surface area (Å²) in [5.41, 5.74) is 9.54. The van der Waals surface area contributed by atoms with E-state index in [4.69, 9.17) is 0 Å². The number of hydrogen-bond donors (Lipinski definition) is 0. The van der Waals surface area contributed by atoms with Crippen molar-refractivity contribution in [3.8, 4) is 0 Å². The molecule has 0 spiro atoms. The molecule has 0 fully saturated rings. The molecule has 3 heterocycles. The van der Waals surface area contributed by atoms with E-state index in [-0.39, 0.29) is 0 Å². The number of fused-ring (bicyclic) bond motifs is 5. The standard InChI is InChI=1S/C28H29GeN2/c1-16-9-8-10-22-24(16)21-13-17(2)18(3)25-27(21)31(22)23-15-20(29(4,5)6)14-19-11-12-30(7)28(25)26(19)23/h8-15H,1-7H3/q+1. The molecule has 0 radical (unpaired) electrons. The van der Waals surface area contributed by atoms with Crippen LogP contribution in [0.25, 0.3) is 49.0 Å². The summed E-state index contributed by atoms with van der Waals surface area (Å²) in [6.45, 7) is 6.81. The summed E-state index contributed by atoms with van der Waals surface area (Å²) in [6, 6.07) is 16.5. The minimum absolute atomic E-state index is 1.33. The average Bonchev–Trinajstić information content (AvgIpc) is 3.04. The third-order valence-corrected chi connectivity index (χ3v) is 11.6. The second-order valence-corrected chi connectivity index (χ2v) is 21.0. The van der Waals surface area contributed by atoms with Crippen LogP contribution in [-0.4, -0.2) is 17.7 Å². The van der Waals surface area contributed by atoms with Crippen molar-refractivity contribution in [1.82, 2.24) is 4.40 Å². The number of nitrogens with zero attached hydrogens (tertiary/aromatic N) is 2. The van der Waals surface area contributed by atoms with E-state index < -0.39 is 13.3 Å². The van der Waals surface area contributed by atoms with E-state index in [9.17, 15) is 0 Å². The first-order valence-corrected chi connectivity index (χ1v) is 18.5. The molecule has 0 aliphatic carbocycles. The molecule has 3 aromatic carbocycles. The summed E-state index contributed by atoms with van der Waals surface area (Å²) in [6.07, 6.45) is 2.25. The third kappa shape index (κ3) is 2.37. The molecule has 0 aliphatic heterocycles. The van der Waals surface area contributed by atoms with Crippen molar-refractivity contribution in [3.05, 3.63) is 65.4 Å². The summed E-state index contributed by atoms with van der Waals surface area (Å²) in [5.74, 6) is 7.49. The summed E-state index contributed by atoms with van der Waals surface area (Å²) < 4.78 is 6.48. The molecule has 3 aromatic heterocycles. The van der Waals surface area contributed by atoms with Crippen LogP contribution in [0.5, 0.6) is 0 Å². The molecule has 31 heavy (non-hydrogen) atoms. The molecule has 0 saturated carbocycles. The van der Waals surface area contributed by atoms with Gasteiger partial charge in [-0.15, -0.1) is 0 Å². The van der Waals surface area contributed by atoms with Gasteiger partial charge in [0.1, 0.15) is 0 Å². The molecule has 3 heteroatoms. The molecular formula is C28H29GeN2+. The van der Waals surface area contributed by atoms with Crippen LogP contribution >= 0.6 is 0 Å². The quantitative estimate of drug-likeness (QED) is 0.117. The number of aryl methyl sites for hydroxylation is 4. The Morgan fingerprint density at radius 2 is 1.58 bits per heavy atom. The van der Waals surface area contributed by atoms with E-state index in [1.165, 1.54) is 65.7 Å². The van der Waals surface area contributed by atoms with Gasteiger partial charge in [-0.3, -0.25) is 0 Å². The van der Waals surface area contributed by atoms with Gasteiger partial charge in [0.2, 0.25) is 0 Å². The zero-order valence-corrected chi connectivity index (χ0v) is 21.6. The maximum atomic E-state index is 2.58. The van der Waals surface area contributed by atoms with Gasteiger partial charge in [-0.05, 0) is 0 Å². The Kier molecular flexibility index (Phi) is 3.71. The van der Waals surface area contributed by atoms with Gasteiger partial charge in [0.15, 0.2) is 0 Å². The summed E-state index contributed by atoms with van der Waals surface area (Å²) in [4.78, 5) is 0. The predicted molar refractivity (Wildman–Crippen MR) is 137 cm³/mol. The number of pyridine rings is 2. The Hall–Kier alpha value is -2.59. The van der Waals surface area contributed by atoms with E-state index in [0.29, 0.717) is 0 Å². The second kappa shape index (κ2) is 6.01. The van der Waals surface area contributed by atoms with E-state index in [2.05, 4.69) is 103 Å². The molecule has 0 unspecified atom stereocenters. The number of hydrogen-bond acceptors (Lipinski definition) is 0. The van der Waals surface area contributed by atoms with Gasteiger partial charge in [0, 0.05) is 0 Å². The van der Waals surface area contributed by atoms with Crippen LogP contribution in [0.2, 0.25) is 17.3 Å². The van der Waals surface area contributed by atoms with Crippen LogP contribution in [0.3, 0.4) is 0 Å². The van der Waals surface area contributed by atoms with E-state index in [0.717, 1.165) is 0 Å². The molecule has 0 amide bonds. The van der Waals surface area contributed by atoms with Gasteiger partial charge in [-0.2, -0.15) is 0 Å². The van der Waals surface area contributed by atoms with Crippen LogP contribution < -0.4 is 8.96 Å². The number of aromatic nitrogens is 2. The van der Waals surface area contributed by atoms with Gasteiger partial charge in [-0.1, -0.05) is 0 Å². The normalized spacial score (nSPS) is 13.0. The van der Waals surface area contributed by atoms with Crippen molar-refractivity contribution < 1.29 is 4.57 Å². The maximum absolute atomic E-state index is 2.58. The summed E-state index contributed by atoms with van der Waals surface area (Å²) in [5, 5.41) is 6.94. The monoisotopic (exact) mass is 467 g/mol. The number of rotatable bonds is 1. The van der Waals surface area contributed by atoms with Crippen molar-refractivity contribution in [2.24, 2.45) is 7.05 Å². The van der Waals surface area contributed by atoms with E-state index in [1.54, 1.807) is 4.40 Å². The van der Waals surface area contributed by atoms with Gasteiger partial charge >= 0.3 is 186 Å². The van der Waals surface area contributed by atoms with Crippen molar-refractivity contribution in [2.45, 2.75) is 38.0 Å². The SMILES string of the molecule is Cc1cc2c3c(C)cccc3n3c4c[c]([Ge]([CH3])([CH3])[CH3])cc5cc[n+](C)c(c(c1C)c23)c54. The summed E-state index contributed by atoms with van der Waals surface area (Å²) in [7, 11) is 2.20. The molecule has 6 rings (SSSR count). The predicted octanol–water partition coefficient (Wildman–Crippen LogP) is 6.28. The zero-order chi connectivity index (χ0) is 21.8. The molecule has 154 valence electrons. The fourth-order valence-electron chi connectivity index (χ4n) is 5.57.